The lowest BCUT2D eigenvalue weighted by Gasteiger charge is -2.30. The minimum Gasteiger partial charge on any atom is -0.369 e. The van der Waals surface area contributed by atoms with Crippen LogP contribution in [0, 0.1) is 0 Å². The number of benzene rings is 2. The lowest BCUT2D eigenvalue weighted by atomic mass is 10.0. The quantitative estimate of drug-likeness (QED) is 0.723. The van der Waals surface area contributed by atoms with Crippen molar-refractivity contribution in [3.8, 4) is 0 Å². The molecule has 1 saturated heterocycles. The van der Waals surface area contributed by atoms with E-state index < -0.39 is 29.7 Å². The van der Waals surface area contributed by atoms with Gasteiger partial charge in [0.2, 0.25) is 11.8 Å². The molecule has 3 N–H and O–H groups in total. The molecule has 0 radical (unpaired) electrons. The monoisotopic (exact) mass is 418 g/mol. The maximum absolute atomic E-state index is 13.1. The van der Waals surface area contributed by atoms with E-state index >= 15 is 0 Å². The molecular formula is C23H22N4O4. The summed E-state index contributed by atoms with van der Waals surface area (Å²) in [5.74, 6) is -2.02. The van der Waals surface area contributed by atoms with Gasteiger partial charge in [0.05, 0.1) is 23.2 Å². The summed E-state index contributed by atoms with van der Waals surface area (Å²) in [5.41, 5.74) is 10.1. The van der Waals surface area contributed by atoms with Gasteiger partial charge >= 0.3 is 0 Å². The summed E-state index contributed by atoms with van der Waals surface area (Å²) in [6.07, 6.45) is 1.02. The van der Waals surface area contributed by atoms with Gasteiger partial charge in [0.1, 0.15) is 6.04 Å². The number of anilines is 1. The normalized spacial score (nSPS) is 24.8. The SMILES string of the molecule is CN(c1ccc2c(c1)C(=O)N(C1CCC(=O)NC1=O)C2=O)[C@H]1Cc2ccccc2[C@@H]1N. The second kappa shape index (κ2) is 7.02. The van der Waals surface area contributed by atoms with E-state index in [1.165, 1.54) is 5.56 Å². The van der Waals surface area contributed by atoms with Crippen LogP contribution in [0.25, 0.3) is 0 Å². The fourth-order valence-electron chi connectivity index (χ4n) is 4.85. The zero-order valence-corrected chi connectivity index (χ0v) is 17.0. The van der Waals surface area contributed by atoms with Crippen molar-refractivity contribution in [2.24, 2.45) is 5.73 Å². The van der Waals surface area contributed by atoms with Gasteiger partial charge in [0.15, 0.2) is 0 Å². The van der Waals surface area contributed by atoms with E-state index in [0.29, 0.717) is 0 Å². The number of hydrogen-bond acceptors (Lipinski definition) is 6. The molecule has 0 spiro atoms. The molecule has 8 nitrogen and oxygen atoms in total. The highest BCUT2D eigenvalue weighted by Gasteiger charge is 2.45. The predicted octanol–water partition coefficient (Wildman–Crippen LogP) is 1.15. The number of amides is 4. The van der Waals surface area contributed by atoms with Gasteiger partial charge in [-0.05, 0) is 42.2 Å². The van der Waals surface area contributed by atoms with Gasteiger partial charge in [0.25, 0.3) is 11.8 Å². The molecule has 1 aliphatic carbocycles. The number of nitrogens with zero attached hydrogens (tertiary/aromatic N) is 2. The van der Waals surface area contributed by atoms with Crippen LogP contribution in [0.3, 0.4) is 0 Å². The number of carbonyl (C=O) groups excluding carboxylic acids is 4. The fraction of sp³-hybridized carbons (Fsp3) is 0.304. The van der Waals surface area contributed by atoms with Crippen LogP contribution in [-0.4, -0.2) is 47.7 Å². The molecule has 8 heteroatoms. The number of rotatable bonds is 3. The van der Waals surface area contributed by atoms with Crippen LogP contribution >= 0.6 is 0 Å². The first kappa shape index (κ1) is 19.4. The summed E-state index contributed by atoms with van der Waals surface area (Å²) in [7, 11) is 1.93. The number of imide groups is 2. The van der Waals surface area contributed by atoms with Crippen LogP contribution in [0.15, 0.2) is 42.5 Å². The molecule has 3 aliphatic rings. The van der Waals surface area contributed by atoms with Crippen molar-refractivity contribution in [3.05, 3.63) is 64.7 Å². The number of likely N-dealkylation sites (N-methyl/N-ethyl adjacent to an activating group) is 1. The van der Waals surface area contributed by atoms with Gasteiger partial charge in [-0.3, -0.25) is 29.4 Å². The molecule has 3 atom stereocenters. The third kappa shape index (κ3) is 2.94. The van der Waals surface area contributed by atoms with E-state index in [0.717, 1.165) is 22.6 Å². The van der Waals surface area contributed by atoms with Crippen LogP contribution in [-0.2, 0) is 16.0 Å². The Bertz CT molecular complexity index is 1140. The van der Waals surface area contributed by atoms with E-state index in [9.17, 15) is 19.2 Å². The standard InChI is InChI=1S/C23H22N4O4/c1-26(18-10-12-4-2-3-5-14(12)20(18)24)13-6-7-15-16(11-13)23(31)27(22(15)30)17-8-9-19(28)25-21(17)29/h2-7,11,17-18,20H,8-10,24H2,1H3,(H,25,28,29)/t17?,18-,20-/m0/s1. The highest BCUT2D eigenvalue weighted by atomic mass is 16.2. The predicted molar refractivity (Wildman–Crippen MR) is 112 cm³/mol. The first-order chi connectivity index (χ1) is 14.9. The Kier molecular flexibility index (Phi) is 4.40. The van der Waals surface area contributed by atoms with Crippen LogP contribution in [0.1, 0.15) is 50.7 Å². The Morgan fingerprint density at radius 2 is 1.77 bits per heavy atom. The molecule has 0 bridgehead atoms. The summed E-state index contributed by atoms with van der Waals surface area (Å²) < 4.78 is 0. The second-order valence-corrected chi connectivity index (χ2v) is 8.28. The largest absolute Gasteiger partial charge is 0.369 e. The first-order valence-electron chi connectivity index (χ1n) is 10.3. The highest BCUT2D eigenvalue weighted by molar-refractivity contribution is 6.23. The summed E-state index contributed by atoms with van der Waals surface area (Å²) in [4.78, 5) is 52.6. The van der Waals surface area contributed by atoms with Crippen molar-refractivity contribution in [2.75, 3.05) is 11.9 Å². The molecule has 0 saturated carbocycles. The summed E-state index contributed by atoms with van der Waals surface area (Å²) in [6.45, 7) is 0. The van der Waals surface area contributed by atoms with E-state index in [1.54, 1.807) is 18.2 Å². The molecule has 1 fully saturated rings. The van der Waals surface area contributed by atoms with Crippen molar-refractivity contribution in [2.45, 2.75) is 37.4 Å². The third-order valence-corrected chi connectivity index (χ3v) is 6.59. The van der Waals surface area contributed by atoms with Crippen LogP contribution < -0.4 is 16.0 Å². The van der Waals surface area contributed by atoms with Crippen molar-refractivity contribution in [1.82, 2.24) is 10.2 Å². The molecule has 4 amide bonds. The molecule has 2 aromatic rings. The zero-order chi connectivity index (χ0) is 21.9. The van der Waals surface area contributed by atoms with E-state index in [-0.39, 0.29) is 36.1 Å². The molecular weight excluding hydrogens is 396 g/mol. The van der Waals surface area contributed by atoms with Gasteiger partial charge in [-0.15, -0.1) is 0 Å². The van der Waals surface area contributed by atoms with Crippen molar-refractivity contribution >= 4 is 29.3 Å². The summed E-state index contributed by atoms with van der Waals surface area (Å²) in [6, 6.07) is 12.1. The van der Waals surface area contributed by atoms with E-state index in [1.807, 2.05) is 30.1 Å². The number of hydrogen-bond donors (Lipinski definition) is 2. The molecule has 31 heavy (non-hydrogen) atoms. The van der Waals surface area contributed by atoms with Crippen LogP contribution in [0.4, 0.5) is 5.69 Å². The van der Waals surface area contributed by atoms with Gasteiger partial charge in [-0.25, -0.2) is 0 Å². The van der Waals surface area contributed by atoms with Gasteiger partial charge in [-0.1, -0.05) is 24.3 Å². The molecule has 2 aromatic carbocycles. The third-order valence-electron chi connectivity index (χ3n) is 6.59. The van der Waals surface area contributed by atoms with Gasteiger partial charge in [-0.2, -0.15) is 0 Å². The molecule has 1 unspecified atom stereocenters. The Hall–Kier alpha value is -3.52. The Balaban J connectivity index is 1.42. The Morgan fingerprint density at radius 1 is 1.03 bits per heavy atom. The van der Waals surface area contributed by atoms with Gasteiger partial charge in [0, 0.05) is 19.2 Å². The average molecular weight is 418 g/mol. The van der Waals surface area contributed by atoms with Crippen LogP contribution in [0.5, 0.6) is 0 Å². The molecule has 2 aliphatic heterocycles. The number of nitrogens with one attached hydrogen (secondary N) is 1. The lowest BCUT2D eigenvalue weighted by Crippen LogP contribution is -2.54. The minimum atomic E-state index is -0.968. The Morgan fingerprint density at radius 3 is 2.52 bits per heavy atom. The molecule has 5 rings (SSSR count). The fourth-order valence-corrected chi connectivity index (χ4v) is 4.85. The first-order valence-corrected chi connectivity index (χ1v) is 10.3. The van der Waals surface area contributed by atoms with Crippen molar-refractivity contribution in [3.63, 3.8) is 0 Å². The summed E-state index contributed by atoms with van der Waals surface area (Å²) >= 11 is 0. The number of piperidine rings is 1. The Labute approximate surface area is 179 Å². The maximum atomic E-state index is 13.1. The van der Waals surface area contributed by atoms with E-state index in [2.05, 4.69) is 11.4 Å². The number of nitrogens with two attached hydrogens (primary N) is 1. The molecule has 2 heterocycles. The minimum absolute atomic E-state index is 0.0221. The topological polar surface area (TPSA) is 113 Å². The van der Waals surface area contributed by atoms with Crippen LogP contribution in [0.2, 0.25) is 0 Å². The van der Waals surface area contributed by atoms with E-state index in [4.69, 9.17) is 5.73 Å². The molecule has 0 aromatic heterocycles. The van der Waals surface area contributed by atoms with Crippen molar-refractivity contribution < 1.29 is 19.2 Å². The van der Waals surface area contributed by atoms with Crippen molar-refractivity contribution in [1.29, 1.82) is 0 Å². The second-order valence-electron chi connectivity index (χ2n) is 8.28. The zero-order valence-electron chi connectivity index (χ0n) is 17.0. The number of carbonyl (C=O) groups is 4. The van der Waals surface area contributed by atoms with Gasteiger partial charge < -0.3 is 10.6 Å². The average Bonchev–Trinajstić information content (AvgIpc) is 3.22. The molecule has 158 valence electrons. The highest BCUT2D eigenvalue weighted by Crippen LogP contribution is 2.36. The smallest absolute Gasteiger partial charge is 0.262 e. The maximum Gasteiger partial charge on any atom is 0.262 e. The number of fused-ring (bicyclic) bond motifs is 2. The lowest BCUT2D eigenvalue weighted by molar-refractivity contribution is -0.136. The summed E-state index contributed by atoms with van der Waals surface area (Å²) in [5, 5.41) is 2.21.